The van der Waals surface area contributed by atoms with Crippen LogP contribution in [-0.2, 0) is 24.2 Å². The first kappa shape index (κ1) is 19.6. The number of carbonyl (C=O) groups is 1. The van der Waals surface area contributed by atoms with Gasteiger partial charge in [0.25, 0.3) is 5.56 Å². The Morgan fingerprint density at radius 3 is 2.71 bits per heavy atom. The van der Waals surface area contributed by atoms with Crippen molar-refractivity contribution >= 4 is 22.7 Å². The molecule has 31 heavy (non-hydrogen) atoms. The maximum atomic E-state index is 13.3. The van der Waals surface area contributed by atoms with Gasteiger partial charge in [-0.2, -0.15) is 0 Å². The molecule has 2 N–H and O–H groups in total. The average Bonchev–Trinajstić information content (AvgIpc) is 3.38. The van der Waals surface area contributed by atoms with Crippen molar-refractivity contribution in [2.75, 3.05) is 5.32 Å². The number of carbonyl (C=O) groups excluding carboxylic acids is 1. The van der Waals surface area contributed by atoms with Gasteiger partial charge in [-0.1, -0.05) is 19.3 Å². The molecule has 9 heteroatoms. The number of amides is 1. The van der Waals surface area contributed by atoms with E-state index >= 15 is 0 Å². The summed E-state index contributed by atoms with van der Waals surface area (Å²) in [6, 6.07) is 4.76. The molecule has 2 aliphatic rings. The Bertz CT molecular complexity index is 1340. The predicted molar refractivity (Wildman–Crippen MR) is 115 cm³/mol. The summed E-state index contributed by atoms with van der Waals surface area (Å²) in [4.78, 5) is 53.0. The fourth-order valence-electron chi connectivity index (χ4n) is 4.93. The Kier molecular flexibility index (Phi) is 4.88. The molecule has 0 spiro atoms. The minimum absolute atomic E-state index is 0.0899. The van der Waals surface area contributed by atoms with E-state index in [4.69, 9.17) is 4.42 Å². The number of nitrogens with zero attached hydrogens (tertiary/aromatic N) is 2. The molecule has 0 saturated heterocycles. The van der Waals surface area contributed by atoms with E-state index in [0.29, 0.717) is 40.9 Å². The third kappa shape index (κ3) is 3.54. The van der Waals surface area contributed by atoms with Gasteiger partial charge in [0.2, 0.25) is 5.91 Å². The lowest BCUT2D eigenvalue weighted by atomic mass is 9.95. The van der Waals surface area contributed by atoms with Gasteiger partial charge < -0.3 is 9.73 Å². The summed E-state index contributed by atoms with van der Waals surface area (Å²) in [7, 11) is 0. The maximum absolute atomic E-state index is 13.3. The normalized spacial score (nSPS) is 16.5. The van der Waals surface area contributed by atoms with Crippen molar-refractivity contribution in [3.63, 3.8) is 0 Å². The van der Waals surface area contributed by atoms with Gasteiger partial charge in [-0.15, -0.1) is 0 Å². The summed E-state index contributed by atoms with van der Waals surface area (Å²) in [5, 5.41) is 2.76. The molecule has 9 nitrogen and oxygen atoms in total. The molecule has 0 unspecified atom stereocenters. The minimum atomic E-state index is -0.564. The Morgan fingerprint density at radius 1 is 1.10 bits per heavy atom. The fourth-order valence-corrected chi connectivity index (χ4v) is 4.93. The highest BCUT2D eigenvalue weighted by Crippen LogP contribution is 2.27. The summed E-state index contributed by atoms with van der Waals surface area (Å²) in [6.45, 7) is -0.163. The van der Waals surface area contributed by atoms with E-state index < -0.39 is 5.76 Å². The zero-order chi connectivity index (χ0) is 21.5. The van der Waals surface area contributed by atoms with Crippen LogP contribution in [0.1, 0.15) is 55.8 Å². The van der Waals surface area contributed by atoms with Crippen molar-refractivity contribution in [3.05, 3.63) is 60.8 Å². The monoisotopic (exact) mass is 424 g/mol. The minimum Gasteiger partial charge on any atom is -0.408 e. The molecule has 1 fully saturated rings. The molecule has 3 aromatic rings. The van der Waals surface area contributed by atoms with Crippen molar-refractivity contribution in [2.45, 2.75) is 64.0 Å². The Balaban J connectivity index is 1.47. The van der Waals surface area contributed by atoms with Crippen molar-refractivity contribution in [3.8, 4) is 0 Å². The van der Waals surface area contributed by atoms with Gasteiger partial charge in [-0.05, 0) is 44.2 Å². The molecule has 5 rings (SSSR count). The van der Waals surface area contributed by atoms with E-state index in [-0.39, 0.29) is 29.7 Å². The van der Waals surface area contributed by atoms with E-state index in [0.717, 1.165) is 38.5 Å². The summed E-state index contributed by atoms with van der Waals surface area (Å²) >= 11 is 0. The van der Waals surface area contributed by atoms with E-state index in [2.05, 4.69) is 10.3 Å². The van der Waals surface area contributed by atoms with Crippen LogP contribution in [0.3, 0.4) is 0 Å². The van der Waals surface area contributed by atoms with Gasteiger partial charge in [0, 0.05) is 29.1 Å². The standard InChI is InChI=1S/C22H24N4O5/c27-19(23-13-9-10-16-18(11-13)31-21(29)24-16)12-25-17-8-4-7-15(17)20(28)26(22(25)30)14-5-2-1-3-6-14/h9-11,14H,1-8,12H2,(H,23,27)(H,24,29). The maximum Gasteiger partial charge on any atom is 0.417 e. The number of nitrogens with one attached hydrogen (secondary N) is 2. The van der Waals surface area contributed by atoms with E-state index in [1.807, 2.05) is 0 Å². The fraction of sp³-hybridized carbons (Fsp3) is 0.455. The smallest absolute Gasteiger partial charge is 0.408 e. The second-order valence-electron chi connectivity index (χ2n) is 8.39. The predicted octanol–water partition coefficient (Wildman–Crippen LogP) is 2.08. The second kappa shape index (κ2) is 7.72. The highest BCUT2D eigenvalue weighted by Gasteiger charge is 2.28. The molecular weight excluding hydrogens is 400 g/mol. The summed E-state index contributed by atoms with van der Waals surface area (Å²) < 4.78 is 7.90. The van der Waals surface area contributed by atoms with Crippen molar-refractivity contribution < 1.29 is 9.21 Å². The van der Waals surface area contributed by atoms with E-state index in [1.54, 1.807) is 18.2 Å². The Labute approximate surface area is 176 Å². The van der Waals surface area contributed by atoms with Crippen LogP contribution in [0.4, 0.5) is 5.69 Å². The molecular formula is C22H24N4O5. The average molecular weight is 424 g/mol. The first-order chi connectivity index (χ1) is 15.0. The van der Waals surface area contributed by atoms with Crippen molar-refractivity contribution in [2.24, 2.45) is 0 Å². The van der Waals surface area contributed by atoms with Gasteiger partial charge in [0.1, 0.15) is 6.54 Å². The topological polar surface area (TPSA) is 119 Å². The molecule has 0 radical (unpaired) electrons. The summed E-state index contributed by atoms with van der Waals surface area (Å²) in [5.41, 5.74) is 2.14. The van der Waals surface area contributed by atoms with E-state index in [1.165, 1.54) is 9.13 Å². The Hall–Kier alpha value is -3.36. The summed E-state index contributed by atoms with van der Waals surface area (Å²) in [6.07, 6.45) is 6.86. The zero-order valence-corrected chi connectivity index (χ0v) is 17.1. The van der Waals surface area contributed by atoms with Crippen molar-refractivity contribution in [1.29, 1.82) is 0 Å². The molecule has 0 bridgehead atoms. The lowest BCUT2D eigenvalue weighted by Crippen LogP contribution is -2.46. The number of rotatable bonds is 4. The summed E-state index contributed by atoms with van der Waals surface area (Å²) in [5.74, 6) is -0.937. The van der Waals surface area contributed by atoms with Gasteiger partial charge >= 0.3 is 11.4 Å². The van der Waals surface area contributed by atoms with Crippen LogP contribution in [0, 0.1) is 0 Å². The molecule has 1 amide bonds. The van der Waals surface area contributed by atoms with Crippen LogP contribution in [0.2, 0.25) is 0 Å². The van der Waals surface area contributed by atoms with Crippen molar-refractivity contribution in [1.82, 2.24) is 14.1 Å². The molecule has 2 aliphatic carbocycles. The lowest BCUT2D eigenvalue weighted by molar-refractivity contribution is -0.116. The van der Waals surface area contributed by atoms with Crippen LogP contribution < -0.4 is 22.3 Å². The number of H-pyrrole nitrogens is 1. The number of fused-ring (bicyclic) bond motifs is 2. The van der Waals surface area contributed by atoms with Gasteiger partial charge in [0.15, 0.2) is 5.58 Å². The zero-order valence-electron chi connectivity index (χ0n) is 17.1. The third-order valence-electron chi connectivity index (χ3n) is 6.37. The van der Waals surface area contributed by atoms with Gasteiger partial charge in [0.05, 0.1) is 5.52 Å². The highest BCUT2D eigenvalue weighted by molar-refractivity contribution is 5.92. The van der Waals surface area contributed by atoms with Crippen LogP contribution in [-0.4, -0.2) is 20.0 Å². The van der Waals surface area contributed by atoms with Crippen LogP contribution in [0.5, 0.6) is 0 Å². The molecule has 1 saturated carbocycles. The second-order valence-corrected chi connectivity index (χ2v) is 8.39. The quantitative estimate of drug-likeness (QED) is 0.665. The molecule has 0 aliphatic heterocycles. The van der Waals surface area contributed by atoms with Gasteiger partial charge in [-0.25, -0.2) is 9.59 Å². The van der Waals surface area contributed by atoms with Crippen LogP contribution in [0.15, 0.2) is 37.0 Å². The first-order valence-electron chi connectivity index (χ1n) is 10.8. The molecule has 2 aromatic heterocycles. The molecule has 162 valence electrons. The number of hydrogen-bond donors (Lipinski definition) is 2. The number of oxazole rings is 1. The third-order valence-corrected chi connectivity index (χ3v) is 6.37. The first-order valence-corrected chi connectivity index (χ1v) is 10.8. The number of aromatic amines is 1. The molecule has 0 atom stereocenters. The van der Waals surface area contributed by atoms with Gasteiger partial charge in [-0.3, -0.25) is 23.7 Å². The number of aromatic nitrogens is 3. The van der Waals surface area contributed by atoms with E-state index in [9.17, 15) is 19.2 Å². The number of benzene rings is 1. The highest BCUT2D eigenvalue weighted by atomic mass is 16.4. The molecule has 2 heterocycles. The lowest BCUT2D eigenvalue weighted by Gasteiger charge is -2.25. The van der Waals surface area contributed by atoms with Crippen LogP contribution in [0.25, 0.3) is 11.1 Å². The number of anilines is 1. The van der Waals surface area contributed by atoms with Crippen LogP contribution >= 0.6 is 0 Å². The number of hydrogen-bond acceptors (Lipinski definition) is 5. The SMILES string of the molecule is O=C(Cn1c2c(c(=O)n(C3CCCCC3)c1=O)CCC2)Nc1ccc2[nH]c(=O)oc2c1. The molecule has 1 aromatic carbocycles. The Morgan fingerprint density at radius 2 is 1.90 bits per heavy atom. The largest absolute Gasteiger partial charge is 0.417 e.